The summed E-state index contributed by atoms with van der Waals surface area (Å²) in [7, 11) is 0. The summed E-state index contributed by atoms with van der Waals surface area (Å²) >= 11 is 0. The molecule has 1 unspecified atom stereocenters. The van der Waals surface area contributed by atoms with Crippen molar-refractivity contribution in [2.75, 3.05) is 31.1 Å². The van der Waals surface area contributed by atoms with Crippen LogP contribution in [0, 0.1) is 11.6 Å². The number of benzene rings is 1. The van der Waals surface area contributed by atoms with E-state index in [1.165, 1.54) is 12.1 Å². The zero-order valence-corrected chi connectivity index (χ0v) is 14.9. The van der Waals surface area contributed by atoms with Crippen molar-refractivity contribution in [1.82, 2.24) is 25.1 Å². The van der Waals surface area contributed by atoms with Gasteiger partial charge < -0.3 is 4.90 Å². The van der Waals surface area contributed by atoms with Crippen molar-refractivity contribution in [3.63, 3.8) is 0 Å². The van der Waals surface area contributed by atoms with Gasteiger partial charge >= 0.3 is 0 Å². The zero-order valence-electron chi connectivity index (χ0n) is 14.9. The van der Waals surface area contributed by atoms with Crippen LogP contribution in [-0.2, 0) is 0 Å². The van der Waals surface area contributed by atoms with E-state index < -0.39 is 11.6 Å². The van der Waals surface area contributed by atoms with Crippen molar-refractivity contribution < 1.29 is 8.78 Å². The van der Waals surface area contributed by atoms with E-state index in [0.717, 1.165) is 37.8 Å². The van der Waals surface area contributed by atoms with Gasteiger partial charge in [0.05, 0.1) is 6.20 Å². The Kier molecular flexibility index (Phi) is 4.81. The molecule has 0 radical (unpaired) electrons. The Morgan fingerprint density at radius 1 is 1.00 bits per heavy atom. The molecule has 1 N–H and O–H groups in total. The van der Waals surface area contributed by atoms with E-state index in [4.69, 9.17) is 0 Å². The molecule has 1 aromatic carbocycles. The molecule has 2 aromatic heterocycles. The number of anilines is 1. The third-order valence-electron chi connectivity index (χ3n) is 4.98. The highest BCUT2D eigenvalue weighted by molar-refractivity contribution is 5.72. The minimum atomic E-state index is -0.625. The van der Waals surface area contributed by atoms with E-state index >= 15 is 0 Å². The molecule has 0 bridgehead atoms. The molecule has 1 fully saturated rings. The van der Waals surface area contributed by atoms with Gasteiger partial charge in [-0.1, -0.05) is 0 Å². The molecular formula is C19H20F2N6. The molecule has 3 heterocycles. The van der Waals surface area contributed by atoms with Crippen LogP contribution in [-0.4, -0.2) is 51.2 Å². The van der Waals surface area contributed by atoms with Crippen molar-refractivity contribution in [2.24, 2.45) is 0 Å². The number of rotatable bonds is 4. The summed E-state index contributed by atoms with van der Waals surface area (Å²) in [4.78, 5) is 13.3. The molecular weight excluding hydrogens is 350 g/mol. The summed E-state index contributed by atoms with van der Waals surface area (Å²) in [5.74, 6) is -0.598. The van der Waals surface area contributed by atoms with Gasteiger partial charge in [-0.3, -0.25) is 15.0 Å². The third-order valence-corrected chi connectivity index (χ3v) is 4.98. The highest BCUT2D eigenvalue weighted by Gasteiger charge is 2.25. The summed E-state index contributed by atoms with van der Waals surface area (Å²) in [6.45, 7) is 5.36. The van der Waals surface area contributed by atoms with E-state index in [1.54, 1.807) is 12.4 Å². The second-order valence-corrected chi connectivity index (χ2v) is 6.62. The Balaban J connectivity index is 1.54. The summed E-state index contributed by atoms with van der Waals surface area (Å²) in [6, 6.07) is 3.70. The maximum absolute atomic E-state index is 13.6. The van der Waals surface area contributed by atoms with Gasteiger partial charge in [0, 0.05) is 68.0 Å². The molecule has 0 spiro atoms. The van der Waals surface area contributed by atoms with Crippen LogP contribution >= 0.6 is 0 Å². The van der Waals surface area contributed by atoms with Gasteiger partial charge in [0.25, 0.3) is 0 Å². The summed E-state index contributed by atoms with van der Waals surface area (Å²) < 4.78 is 27.3. The van der Waals surface area contributed by atoms with E-state index in [-0.39, 0.29) is 6.04 Å². The van der Waals surface area contributed by atoms with Crippen LogP contribution in [0.5, 0.6) is 0 Å². The summed E-state index contributed by atoms with van der Waals surface area (Å²) in [5, 5.41) is 6.87. The van der Waals surface area contributed by atoms with E-state index in [2.05, 4.69) is 36.9 Å². The van der Waals surface area contributed by atoms with Gasteiger partial charge in [-0.25, -0.2) is 13.8 Å². The first-order chi connectivity index (χ1) is 13.1. The second kappa shape index (κ2) is 7.40. The quantitative estimate of drug-likeness (QED) is 0.765. The molecule has 8 heteroatoms. The number of H-pyrrole nitrogens is 1. The van der Waals surface area contributed by atoms with Crippen LogP contribution in [0.25, 0.3) is 11.3 Å². The Bertz CT molecular complexity index is 886. The predicted molar refractivity (Wildman–Crippen MR) is 98.2 cm³/mol. The molecule has 1 aliphatic heterocycles. The first-order valence-corrected chi connectivity index (χ1v) is 8.87. The lowest BCUT2D eigenvalue weighted by atomic mass is 10.1. The average Bonchev–Trinajstić information content (AvgIpc) is 3.22. The number of nitrogens with zero attached hydrogens (tertiary/aromatic N) is 5. The zero-order chi connectivity index (χ0) is 18.8. The monoisotopic (exact) mass is 370 g/mol. The minimum absolute atomic E-state index is 0.268. The van der Waals surface area contributed by atoms with Crippen molar-refractivity contribution in [2.45, 2.75) is 13.0 Å². The van der Waals surface area contributed by atoms with Gasteiger partial charge in [-0.15, -0.1) is 0 Å². The Morgan fingerprint density at radius 2 is 1.70 bits per heavy atom. The van der Waals surface area contributed by atoms with Crippen molar-refractivity contribution in [3.05, 3.63) is 60.2 Å². The maximum atomic E-state index is 13.6. The Morgan fingerprint density at radius 3 is 2.37 bits per heavy atom. The lowest BCUT2D eigenvalue weighted by molar-refractivity contribution is 0.198. The first-order valence-electron chi connectivity index (χ1n) is 8.87. The van der Waals surface area contributed by atoms with E-state index in [1.807, 2.05) is 12.4 Å². The topological polar surface area (TPSA) is 60.9 Å². The summed E-state index contributed by atoms with van der Waals surface area (Å²) in [6.07, 6.45) is 6.90. The fraction of sp³-hybridized carbons (Fsp3) is 0.316. The second-order valence-electron chi connectivity index (χ2n) is 6.62. The Hall–Kier alpha value is -2.87. The van der Waals surface area contributed by atoms with Crippen molar-refractivity contribution >= 4 is 5.82 Å². The maximum Gasteiger partial charge on any atom is 0.155 e. The first kappa shape index (κ1) is 17.5. The predicted octanol–water partition coefficient (Wildman–Crippen LogP) is 3.03. The molecule has 3 aromatic rings. The largest absolute Gasteiger partial charge is 0.352 e. The molecule has 27 heavy (non-hydrogen) atoms. The number of hydrogen-bond donors (Lipinski definition) is 1. The van der Waals surface area contributed by atoms with Gasteiger partial charge in [0.1, 0.15) is 17.3 Å². The van der Waals surface area contributed by atoms with E-state index in [0.29, 0.717) is 17.1 Å². The highest BCUT2D eigenvalue weighted by Crippen LogP contribution is 2.29. The number of halogens is 2. The van der Waals surface area contributed by atoms with Crippen LogP contribution in [0.2, 0.25) is 0 Å². The molecule has 0 saturated carbocycles. The SMILES string of the molecule is CC(c1cn[nH]c1)N1CCN(c2nccnc2-c2cc(F)cc(F)c2)CC1. The minimum Gasteiger partial charge on any atom is -0.352 e. The lowest BCUT2D eigenvalue weighted by Crippen LogP contribution is -2.47. The van der Waals surface area contributed by atoms with Gasteiger partial charge in [-0.05, 0) is 19.1 Å². The number of aromatic nitrogens is 4. The number of aromatic amines is 1. The third kappa shape index (κ3) is 3.66. The standard InChI is InChI=1S/C19H20F2N6/c1-13(15-11-24-25-12-15)26-4-6-27(7-5-26)19-18(22-2-3-23-19)14-8-16(20)10-17(21)9-14/h2-3,8-13H,4-7H2,1H3,(H,24,25). The van der Waals surface area contributed by atoms with Gasteiger partial charge in [-0.2, -0.15) is 5.10 Å². The average molecular weight is 370 g/mol. The van der Waals surface area contributed by atoms with Crippen LogP contribution in [0.15, 0.2) is 43.0 Å². The van der Waals surface area contributed by atoms with E-state index in [9.17, 15) is 8.78 Å². The number of nitrogens with one attached hydrogen (secondary N) is 1. The molecule has 1 aliphatic rings. The smallest absolute Gasteiger partial charge is 0.155 e. The molecule has 0 aliphatic carbocycles. The fourth-order valence-electron chi connectivity index (χ4n) is 3.48. The molecule has 6 nitrogen and oxygen atoms in total. The molecule has 0 amide bonds. The van der Waals surface area contributed by atoms with Gasteiger partial charge in [0.2, 0.25) is 0 Å². The van der Waals surface area contributed by atoms with Gasteiger partial charge in [0.15, 0.2) is 5.82 Å². The highest BCUT2D eigenvalue weighted by atomic mass is 19.1. The molecule has 140 valence electrons. The van der Waals surface area contributed by atoms with Crippen LogP contribution in [0.1, 0.15) is 18.5 Å². The molecule has 1 atom stereocenters. The lowest BCUT2D eigenvalue weighted by Gasteiger charge is -2.38. The number of hydrogen-bond acceptors (Lipinski definition) is 5. The van der Waals surface area contributed by atoms with Crippen LogP contribution in [0.3, 0.4) is 0 Å². The number of piperazine rings is 1. The van der Waals surface area contributed by atoms with Crippen LogP contribution in [0.4, 0.5) is 14.6 Å². The normalized spacial score (nSPS) is 16.5. The fourth-order valence-corrected chi connectivity index (χ4v) is 3.48. The molecule has 1 saturated heterocycles. The van der Waals surface area contributed by atoms with Crippen molar-refractivity contribution in [3.8, 4) is 11.3 Å². The van der Waals surface area contributed by atoms with Crippen LogP contribution < -0.4 is 4.90 Å². The summed E-state index contributed by atoms with van der Waals surface area (Å²) in [5.41, 5.74) is 2.04. The Labute approximate surface area is 155 Å². The molecule has 4 rings (SSSR count). The van der Waals surface area contributed by atoms with Crippen molar-refractivity contribution in [1.29, 1.82) is 0 Å².